The maximum Gasteiger partial charge on any atom is 0.310 e. The number of ether oxygens (including phenoxy) is 1. The molecule has 0 aliphatic carbocycles. The van der Waals surface area contributed by atoms with E-state index >= 15 is 0 Å². The van der Waals surface area contributed by atoms with Crippen molar-refractivity contribution in [2.24, 2.45) is 0 Å². The number of aliphatic hydroxyl groups is 1. The van der Waals surface area contributed by atoms with Gasteiger partial charge in [0.2, 0.25) is 18.1 Å². The number of fused-ring (bicyclic) bond motifs is 1. The van der Waals surface area contributed by atoms with Crippen molar-refractivity contribution in [1.29, 1.82) is 0 Å². The zero-order valence-electron chi connectivity index (χ0n) is 16.2. The van der Waals surface area contributed by atoms with E-state index in [1.165, 1.54) is 11.3 Å². The lowest BCUT2D eigenvalue weighted by Gasteiger charge is -2.34. The van der Waals surface area contributed by atoms with Gasteiger partial charge >= 0.3 is 5.97 Å². The summed E-state index contributed by atoms with van der Waals surface area (Å²) in [6, 6.07) is -0.780. The van der Waals surface area contributed by atoms with E-state index in [9.17, 15) is 24.3 Å². The van der Waals surface area contributed by atoms with Crippen LogP contribution in [0.2, 0.25) is 0 Å². The van der Waals surface area contributed by atoms with Gasteiger partial charge < -0.3 is 25.4 Å². The van der Waals surface area contributed by atoms with Gasteiger partial charge in [-0.2, -0.15) is 11.3 Å². The number of carbonyl (C=O) groups is 4. The van der Waals surface area contributed by atoms with Crippen LogP contribution in [0, 0.1) is 0 Å². The van der Waals surface area contributed by atoms with Gasteiger partial charge in [-0.3, -0.25) is 19.2 Å². The number of carbonyl (C=O) groups excluding carboxylic acids is 4. The summed E-state index contributed by atoms with van der Waals surface area (Å²) >= 11 is 1.40. The first-order valence-corrected chi connectivity index (χ1v) is 10.9. The van der Waals surface area contributed by atoms with E-state index in [0.29, 0.717) is 31.2 Å². The second-order valence-corrected chi connectivity index (χ2v) is 8.45. The number of aliphatic hydroxyl groups excluding tert-OH is 1. The predicted molar refractivity (Wildman–Crippen MR) is 106 cm³/mol. The van der Waals surface area contributed by atoms with E-state index < -0.39 is 36.3 Å². The molecule has 0 spiro atoms. The third-order valence-corrected chi connectivity index (χ3v) is 6.39. The number of cyclic esters (lactones) is 1. The van der Waals surface area contributed by atoms with Gasteiger partial charge in [0.05, 0.1) is 12.0 Å². The molecular weight excluding hydrogens is 410 g/mol. The zero-order valence-corrected chi connectivity index (χ0v) is 17.0. The number of hydrogen-bond donors (Lipinski definition) is 3. The standard InChI is InChI=1S/C20H23N3O6S/c24-16-9-14(20(28)29-16)22-18(26)15-6-5-12-3-1-2-4-13(19(27)23(12)15)21-17(25)11-7-8-30-10-11/h1-2,7-8,10,12-15,20,28H,3-6,9H2,(H,21,25)(H,22,26)/b2-1-/t12-,13+,14?,15+,20?/m1/s1. The monoisotopic (exact) mass is 433 g/mol. The van der Waals surface area contributed by atoms with Gasteiger partial charge in [-0.05, 0) is 37.1 Å². The number of nitrogens with one attached hydrogen (secondary N) is 2. The predicted octanol–water partition coefficient (Wildman–Crippen LogP) is 0.306. The Kier molecular flexibility index (Phi) is 5.87. The van der Waals surface area contributed by atoms with Gasteiger partial charge in [-0.1, -0.05) is 12.2 Å². The van der Waals surface area contributed by atoms with Crippen LogP contribution in [0.5, 0.6) is 0 Å². The number of rotatable bonds is 4. The molecule has 2 saturated heterocycles. The lowest BCUT2D eigenvalue weighted by Crippen LogP contribution is -2.57. The Labute approximate surface area is 177 Å². The van der Waals surface area contributed by atoms with E-state index in [1.807, 2.05) is 12.2 Å². The summed E-state index contributed by atoms with van der Waals surface area (Å²) in [5, 5.41) is 18.7. The van der Waals surface area contributed by atoms with Gasteiger partial charge in [0.15, 0.2) is 0 Å². The van der Waals surface area contributed by atoms with Crippen molar-refractivity contribution in [3.63, 3.8) is 0 Å². The Morgan fingerprint density at radius 3 is 2.67 bits per heavy atom. The van der Waals surface area contributed by atoms with Crippen LogP contribution in [-0.2, 0) is 19.1 Å². The van der Waals surface area contributed by atoms with Gasteiger partial charge in [-0.25, -0.2) is 0 Å². The molecule has 0 bridgehead atoms. The average Bonchev–Trinajstić information content (AvgIpc) is 3.43. The van der Waals surface area contributed by atoms with Crippen LogP contribution in [0.25, 0.3) is 0 Å². The van der Waals surface area contributed by atoms with Crippen molar-refractivity contribution >= 4 is 35.0 Å². The fraction of sp³-hybridized carbons (Fsp3) is 0.500. The third kappa shape index (κ3) is 4.10. The highest BCUT2D eigenvalue weighted by atomic mass is 32.1. The SMILES string of the molecule is O=C1CC(NC(=O)[C@@H]2CC[C@H]3C/C=C\C[C@H](NC(=O)c4ccsc4)C(=O)N32)C(O)O1. The van der Waals surface area contributed by atoms with Crippen molar-refractivity contribution in [3.8, 4) is 0 Å². The molecule has 160 valence electrons. The molecule has 3 N–H and O–H groups in total. The molecule has 0 saturated carbocycles. The van der Waals surface area contributed by atoms with Crippen LogP contribution >= 0.6 is 11.3 Å². The second-order valence-electron chi connectivity index (χ2n) is 7.67. The highest BCUT2D eigenvalue weighted by Crippen LogP contribution is 2.30. The molecule has 3 amide bonds. The second kappa shape index (κ2) is 8.57. The molecule has 30 heavy (non-hydrogen) atoms. The van der Waals surface area contributed by atoms with E-state index in [-0.39, 0.29) is 24.3 Å². The minimum atomic E-state index is -1.39. The lowest BCUT2D eigenvalue weighted by molar-refractivity contribution is -0.155. The topological polar surface area (TPSA) is 125 Å². The Hall–Kier alpha value is -2.72. The summed E-state index contributed by atoms with van der Waals surface area (Å²) in [6.45, 7) is 0. The fourth-order valence-electron chi connectivity index (χ4n) is 4.17. The molecule has 3 aliphatic rings. The summed E-state index contributed by atoms with van der Waals surface area (Å²) in [5.41, 5.74) is 0.492. The molecule has 1 aromatic heterocycles. The molecule has 10 heteroatoms. The number of amides is 3. The van der Waals surface area contributed by atoms with Crippen LogP contribution in [0.4, 0.5) is 0 Å². The van der Waals surface area contributed by atoms with Crippen molar-refractivity contribution in [2.45, 2.75) is 62.6 Å². The van der Waals surface area contributed by atoms with E-state index in [1.54, 1.807) is 21.7 Å². The first kappa shape index (κ1) is 20.5. The average molecular weight is 433 g/mol. The Balaban J connectivity index is 1.49. The van der Waals surface area contributed by atoms with Crippen molar-refractivity contribution in [1.82, 2.24) is 15.5 Å². The van der Waals surface area contributed by atoms with Crippen molar-refractivity contribution in [3.05, 3.63) is 34.5 Å². The van der Waals surface area contributed by atoms with Gasteiger partial charge in [0.1, 0.15) is 18.1 Å². The van der Waals surface area contributed by atoms with E-state index in [4.69, 9.17) is 0 Å². The summed E-state index contributed by atoms with van der Waals surface area (Å²) in [7, 11) is 0. The summed E-state index contributed by atoms with van der Waals surface area (Å²) in [4.78, 5) is 51.6. The van der Waals surface area contributed by atoms with E-state index in [2.05, 4.69) is 15.4 Å². The Morgan fingerprint density at radius 2 is 1.97 bits per heavy atom. The largest absolute Gasteiger partial charge is 0.434 e. The Morgan fingerprint density at radius 1 is 1.17 bits per heavy atom. The van der Waals surface area contributed by atoms with Crippen LogP contribution < -0.4 is 10.6 Å². The van der Waals surface area contributed by atoms with Gasteiger partial charge in [-0.15, -0.1) is 0 Å². The lowest BCUT2D eigenvalue weighted by atomic mass is 10.0. The zero-order chi connectivity index (χ0) is 21.3. The molecule has 0 radical (unpaired) electrons. The van der Waals surface area contributed by atoms with Crippen LogP contribution in [0.3, 0.4) is 0 Å². The van der Waals surface area contributed by atoms with Crippen LogP contribution in [0.15, 0.2) is 29.0 Å². The molecule has 2 fully saturated rings. The smallest absolute Gasteiger partial charge is 0.310 e. The van der Waals surface area contributed by atoms with E-state index in [0.717, 1.165) is 0 Å². The minimum absolute atomic E-state index is 0.112. The number of esters is 1. The summed E-state index contributed by atoms with van der Waals surface area (Å²) in [5.74, 6) is -1.64. The minimum Gasteiger partial charge on any atom is -0.434 e. The molecule has 1 aromatic rings. The summed E-state index contributed by atoms with van der Waals surface area (Å²) in [6.07, 6.45) is 4.47. The quantitative estimate of drug-likeness (QED) is 0.464. The maximum atomic E-state index is 13.3. The molecule has 4 heterocycles. The molecule has 3 aliphatic heterocycles. The first-order chi connectivity index (χ1) is 14.4. The van der Waals surface area contributed by atoms with Gasteiger partial charge in [0.25, 0.3) is 5.91 Å². The molecule has 5 atom stereocenters. The number of nitrogens with zero attached hydrogens (tertiary/aromatic N) is 1. The molecule has 2 unspecified atom stereocenters. The number of hydrogen-bond acceptors (Lipinski definition) is 7. The molecule has 9 nitrogen and oxygen atoms in total. The maximum absolute atomic E-state index is 13.3. The highest BCUT2D eigenvalue weighted by molar-refractivity contribution is 7.08. The molecule has 4 rings (SSSR count). The number of thiophene rings is 1. The van der Waals surface area contributed by atoms with Crippen molar-refractivity contribution in [2.75, 3.05) is 0 Å². The summed E-state index contributed by atoms with van der Waals surface area (Å²) < 4.78 is 4.66. The normalized spacial score (nSPS) is 32.0. The Bertz CT molecular complexity index is 870. The van der Waals surface area contributed by atoms with Gasteiger partial charge in [0, 0.05) is 11.4 Å². The van der Waals surface area contributed by atoms with Crippen molar-refractivity contribution < 1.29 is 29.0 Å². The fourth-order valence-corrected chi connectivity index (χ4v) is 4.81. The van der Waals surface area contributed by atoms with Crippen LogP contribution in [0.1, 0.15) is 42.5 Å². The first-order valence-electron chi connectivity index (χ1n) is 9.92. The molecular formula is C20H23N3O6S. The third-order valence-electron chi connectivity index (χ3n) is 5.70. The highest BCUT2D eigenvalue weighted by Gasteiger charge is 2.45. The van der Waals surface area contributed by atoms with Crippen LogP contribution in [-0.4, -0.2) is 64.2 Å². The molecule has 0 aromatic carbocycles.